The second-order valence-electron chi connectivity index (χ2n) is 6.13. The van der Waals surface area contributed by atoms with E-state index in [0.29, 0.717) is 29.0 Å². The molecule has 0 aliphatic heterocycles. The smallest absolute Gasteiger partial charge is 0.329 e. The second kappa shape index (κ2) is 8.84. The van der Waals surface area contributed by atoms with Gasteiger partial charge in [-0.25, -0.2) is 4.98 Å². The fourth-order valence-electron chi connectivity index (χ4n) is 2.72. The summed E-state index contributed by atoms with van der Waals surface area (Å²) in [7, 11) is -4.21. The third-order valence-electron chi connectivity index (χ3n) is 3.83. The van der Waals surface area contributed by atoms with Crippen LogP contribution in [0, 0.1) is 5.13 Å². The van der Waals surface area contributed by atoms with Gasteiger partial charge in [-0.2, -0.15) is 4.39 Å². The fraction of sp³-hybridized carbons (Fsp3) is 0.158. The van der Waals surface area contributed by atoms with Crippen molar-refractivity contribution in [2.24, 2.45) is 0 Å². The first-order valence-electron chi connectivity index (χ1n) is 8.58. The van der Waals surface area contributed by atoms with Crippen molar-refractivity contribution in [1.82, 2.24) is 4.98 Å². The summed E-state index contributed by atoms with van der Waals surface area (Å²) in [5, 5.41) is 2.17. The molecular weight excluding hydrogens is 418 g/mol. The van der Waals surface area contributed by atoms with Crippen LogP contribution < -0.4 is 10.1 Å². The summed E-state index contributed by atoms with van der Waals surface area (Å²) in [5.74, 6) is -0.0191. The zero-order valence-electron chi connectivity index (χ0n) is 15.3. The summed E-state index contributed by atoms with van der Waals surface area (Å²) in [5.41, 5.74) is 2.06. The van der Waals surface area contributed by atoms with E-state index in [1.807, 2.05) is 6.92 Å². The van der Waals surface area contributed by atoms with Crippen LogP contribution in [0.4, 0.5) is 9.52 Å². The highest BCUT2D eigenvalue weighted by Gasteiger charge is 2.16. The Bertz CT molecular complexity index is 1080. The number of carbonyl (C=O) groups excluding carboxylic acids is 1. The van der Waals surface area contributed by atoms with Crippen molar-refractivity contribution < 1.29 is 28.3 Å². The van der Waals surface area contributed by atoms with E-state index < -0.39 is 18.6 Å². The molecule has 0 saturated carbocycles. The van der Waals surface area contributed by atoms with Crippen molar-refractivity contribution in [3.05, 3.63) is 64.9 Å². The van der Waals surface area contributed by atoms with Crippen molar-refractivity contribution in [3.8, 4) is 16.9 Å². The summed E-state index contributed by atoms with van der Waals surface area (Å²) >= 11 is 0.718. The van der Waals surface area contributed by atoms with Crippen molar-refractivity contribution in [3.63, 3.8) is 0 Å². The van der Waals surface area contributed by atoms with E-state index in [9.17, 15) is 23.5 Å². The quantitative estimate of drug-likeness (QED) is 0.477. The highest BCUT2D eigenvalue weighted by atomic mass is 32.1. The lowest BCUT2D eigenvalue weighted by Gasteiger charge is -2.12. The molecule has 2 aromatic carbocycles. The molecule has 152 valence electrons. The molecule has 0 fully saturated rings. The van der Waals surface area contributed by atoms with Gasteiger partial charge in [-0.15, -0.1) is 0 Å². The van der Waals surface area contributed by atoms with Crippen LogP contribution in [0.2, 0.25) is 0 Å². The van der Waals surface area contributed by atoms with E-state index in [2.05, 4.69) is 10.3 Å². The maximum atomic E-state index is 13.1. The Balaban J connectivity index is 1.95. The molecule has 0 aliphatic rings. The fourth-order valence-corrected chi connectivity index (χ4v) is 3.93. The Kier molecular flexibility index (Phi) is 6.44. The molecule has 29 heavy (non-hydrogen) atoms. The number of ether oxygens (including phenoxy) is 1. The second-order valence-corrected chi connectivity index (χ2v) is 8.75. The molecule has 0 saturated heterocycles. The van der Waals surface area contributed by atoms with Crippen LogP contribution in [-0.2, 0) is 10.7 Å². The minimum Gasteiger partial charge on any atom is -0.494 e. The maximum absolute atomic E-state index is 13.1. The topological polar surface area (TPSA) is 109 Å². The molecule has 7 nitrogen and oxygen atoms in total. The molecule has 3 rings (SSSR count). The zero-order chi connectivity index (χ0) is 21.0. The Labute approximate surface area is 170 Å². The van der Waals surface area contributed by atoms with E-state index in [1.54, 1.807) is 42.5 Å². The third kappa shape index (κ3) is 5.95. The molecule has 3 N–H and O–H groups in total. The van der Waals surface area contributed by atoms with Crippen molar-refractivity contribution in [2.75, 3.05) is 11.9 Å². The molecular formula is C19H18FN2O5PS. The lowest BCUT2D eigenvalue weighted by atomic mass is 10.0. The van der Waals surface area contributed by atoms with Gasteiger partial charge in [0, 0.05) is 5.56 Å². The Morgan fingerprint density at radius 3 is 2.69 bits per heavy atom. The van der Waals surface area contributed by atoms with Gasteiger partial charge in [0.15, 0.2) is 10.3 Å². The summed E-state index contributed by atoms with van der Waals surface area (Å²) < 4.78 is 30.0. The van der Waals surface area contributed by atoms with Crippen LogP contribution in [0.15, 0.2) is 48.7 Å². The van der Waals surface area contributed by atoms with E-state index in [0.717, 1.165) is 17.5 Å². The molecule has 0 spiro atoms. The van der Waals surface area contributed by atoms with E-state index in [-0.39, 0.29) is 16.9 Å². The van der Waals surface area contributed by atoms with Gasteiger partial charge in [0.1, 0.15) is 5.75 Å². The van der Waals surface area contributed by atoms with Crippen LogP contribution in [0.5, 0.6) is 5.75 Å². The predicted molar refractivity (Wildman–Crippen MR) is 109 cm³/mol. The Morgan fingerprint density at radius 1 is 1.24 bits per heavy atom. The van der Waals surface area contributed by atoms with Gasteiger partial charge in [0.25, 0.3) is 5.91 Å². The van der Waals surface area contributed by atoms with Crippen LogP contribution >= 0.6 is 18.9 Å². The minimum atomic E-state index is -4.21. The van der Waals surface area contributed by atoms with E-state index >= 15 is 0 Å². The number of rotatable bonds is 7. The summed E-state index contributed by atoms with van der Waals surface area (Å²) in [6, 6.07) is 11.7. The number of carbonyl (C=O) groups is 1. The molecule has 0 unspecified atom stereocenters. The van der Waals surface area contributed by atoms with Crippen LogP contribution in [0.25, 0.3) is 11.1 Å². The molecule has 3 aromatic rings. The zero-order valence-corrected chi connectivity index (χ0v) is 17.0. The first kappa shape index (κ1) is 21.1. The Hall–Kier alpha value is -2.58. The minimum absolute atomic E-state index is 0.138. The average Bonchev–Trinajstić information content (AvgIpc) is 3.05. The average molecular weight is 436 g/mol. The molecule has 1 amide bonds. The van der Waals surface area contributed by atoms with Crippen LogP contribution in [0.3, 0.4) is 0 Å². The number of nitrogens with zero attached hydrogens (tertiary/aromatic N) is 1. The largest absolute Gasteiger partial charge is 0.494 e. The molecule has 0 bridgehead atoms. The number of benzene rings is 2. The number of nitrogens with one attached hydrogen (secondary N) is 1. The maximum Gasteiger partial charge on any atom is 0.329 e. The Morgan fingerprint density at radius 2 is 2.03 bits per heavy atom. The molecule has 0 aliphatic carbocycles. The van der Waals surface area contributed by atoms with Gasteiger partial charge in [-0.1, -0.05) is 35.6 Å². The van der Waals surface area contributed by atoms with Gasteiger partial charge >= 0.3 is 7.60 Å². The van der Waals surface area contributed by atoms with Crippen molar-refractivity contribution >= 4 is 30.0 Å². The molecule has 10 heteroatoms. The number of hydrogen-bond acceptors (Lipinski definition) is 5. The van der Waals surface area contributed by atoms with Crippen LogP contribution in [-0.4, -0.2) is 27.3 Å². The molecule has 1 heterocycles. The highest BCUT2D eigenvalue weighted by molar-refractivity contribution is 7.50. The summed E-state index contributed by atoms with van der Waals surface area (Å²) in [4.78, 5) is 34.8. The first-order valence-corrected chi connectivity index (χ1v) is 11.2. The number of thiazole rings is 1. The lowest BCUT2D eigenvalue weighted by Crippen LogP contribution is -2.12. The van der Waals surface area contributed by atoms with Gasteiger partial charge < -0.3 is 14.5 Å². The first-order chi connectivity index (χ1) is 13.7. The third-order valence-corrected chi connectivity index (χ3v) is 5.30. The number of halogens is 1. The van der Waals surface area contributed by atoms with Gasteiger partial charge in [0.2, 0.25) is 0 Å². The van der Waals surface area contributed by atoms with Gasteiger partial charge in [-0.3, -0.25) is 14.7 Å². The number of amides is 1. The monoisotopic (exact) mass is 436 g/mol. The lowest BCUT2D eigenvalue weighted by molar-refractivity contribution is 0.102. The summed E-state index contributed by atoms with van der Waals surface area (Å²) in [6.45, 7) is 2.20. The predicted octanol–water partition coefficient (Wildman–Crippen LogP) is 4.28. The standard InChI is InChI=1S/C19H18FN2O5PS/c1-2-27-16-8-14(13-5-3-4-12(6-13)11-28(24,25)26)7-15(9-16)18(23)22-19-21-10-17(20)29-19/h3-10H,2,11H2,1H3,(H,21,22,23)(H2,24,25,26). The SMILES string of the molecule is CCOc1cc(C(=O)Nc2ncc(F)s2)cc(-c2cccc(CP(=O)(O)O)c2)c1. The molecule has 1 aromatic heterocycles. The molecule has 0 atom stereocenters. The number of anilines is 1. The number of hydrogen-bond donors (Lipinski definition) is 3. The van der Waals surface area contributed by atoms with E-state index in [4.69, 9.17) is 4.74 Å². The van der Waals surface area contributed by atoms with Crippen LogP contribution in [0.1, 0.15) is 22.8 Å². The van der Waals surface area contributed by atoms with Gasteiger partial charge in [-0.05, 0) is 41.8 Å². The van der Waals surface area contributed by atoms with Crippen molar-refractivity contribution in [2.45, 2.75) is 13.1 Å². The summed E-state index contributed by atoms with van der Waals surface area (Å²) in [6.07, 6.45) is 0.643. The molecule has 0 radical (unpaired) electrons. The van der Waals surface area contributed by atoms with Gasteiger partial charge in [0.05, 0.1) is 19.0 Å². The van der Waals surface area contributed by atoms with E-state index in [1.165, 1.54) is 0 Å². The van der Waals surface area contributed by atoms with Crippen molar-refractivity contribution in [1.29, 1.82) is 0 Å². The number of aromatic nitrogens is 1. The normalized spacial score (nSPS) is 11.3. The highest BCUT2D eigenvalue weighted by Crippen LogP contribution is 2.40.